The summed E-state index contributed by atoms with van der Waals surface area (Å²) in [6.07, 6.45) is 1.10. The summed E-state index contributed by atoms with van der Waals surface area (Å²) in [6.45, 7) is -1.28. The van der Waals surface area contributed by atoms with Gasteiger partial charge in [0.1, 0.15) is 13.1 Å². The highest BCUT2D eigenvalue weighted by molar-refractivity contribution is 5.83. The Balaban J connectivity index is 3.20. The van der Waals surface area contributed by atoms with Crippen molar-refractivity contribution in [2.75, 3.05) is 27.3 Å². The van der Waals surface area contributed by atoms with E-state index >= 15 is 0 Å². The number of carboxylic acids is 2. The third kappa shape index (κ3) is 5.12. The lowest BCUT2D eigenvalue weighted by molar-refractivity contribution is -0.385. The molecule has 11 heteroatoms. The van der Waals surface area contributed by atoms with Crippen LogP contribution in [0.2, 0.25) is 0 Å². The van der Waals surface area contributed by atoms with Crippen LogP contribution in [0.25, 0.3) is 0 Å². The molecule has 0 spiro atoms. The van der Waals surface area contributed by atoms with Crippen molar-refractivity contribution in [2.24, 2.45) is 5.10 Å². The van der Waals surface area contributed by atoms with Gasteiger partial charge < -0.3 is 19.7 Å². The first kappa shape index (κ1) is 18.7. The molecule has 0 heterocycles. The van der Waals surface area contributed by atoms with E-state index < -0.39 is 30.0 Å². The van der Waals surface area contributed by atoms with Gasteiger partial charge in [0.15, 0.2) is 5.75 Å². The molecular weight excluding hydrogens is 326 g/mol. The van der Waals surface area contributed by atoms with Crippen molar-refractivity contribution in [1.82, 2.24) is 5.01 Å². The molecule has 0 saturated heterocycles. The fourth-order valence-corrected chi connectivity index (χ4v) is 1.77. The number of hydrogen-bond acceptors (Lipinski definition) is 8. The number of nitro groups is 1. The molecular formula is C13H15N3O8. The van der Waals surface area contributed by atoms with E-state index in [4.69, 9.17) is 19.7 Å². The monoisotopic (exact) mass is 341 g/mol. The molecule has 24 heavy (non-hydrogen) atoms. The molecule has 2 N–H and O–H groups in total. The second-order valence-corrected chi connectivity index (χ2v) is 4.39. The maximum absolute atomic E-state index is 11.1. The number of carboxylic acid groups (broad SMARTS) is 2. The SMILES string of the molecule is COc1cc(/C=N\N(CC(=O)O)CC(=O)O)cc([N+](=O)[O-])c1OC. The topological polar surface area (TPSA) is 152 Å². The average molecular weight is 341 g/mol. The summed E-state index contributed by atoms with van der Waals surface area (Å²) in [5, 5.41) is 33.1. The number of rotatable bonds is 9. The van der Waals surface area contributed by atoms with E-state index in [0.717, 1.165) is 17.3 Å². The molecule has 0 bridgehead atoms. The van der Waals surface area contributed by atoms with Crippen molar-refractivity contribution in [3.8, 4) is 11.5 Å². The van der Waals surface area contributed by atoms with Gasteiger partial charge in [-0.05, 0) is 6.07 Å². The third-order valence-corrected chi connectivity index (χ3v) is 2.68. The molecule has 0 fully saturated rings. The summed E-state index contributed by atoms with van der Waals surface area (Å²) in [4.78, 5) is 31.8. The van der Waals surface area contributed by atoms with Crippen molar-refractivity contribution in [3.05, 3.63) is 27.8 Å². The number of aliphatic carboxylic acids is 2. The lowest BCUT2D eigenvalue weighted by atomic mass is 10.2. The van der Waals surface area contributed by atoms with Crippen molar-refractivity contribution >= 4 is 23.8 Å². The summed E-state index contributed by atoms with van der Waals surface area (Å²) >= 11 is 0. The van der Waals surface area contributed by atoms with Gasteiger partial charge in [-0.25, -0.2) is 0 Å². The number of nitrogens with zero attached hydrogens (tertiary/aromatic N) is 3. The average Bonchev–Trinajstić information content (AvgIpc) is 2.50. The Hall–Kier alpha value is -3.37. The van der Waals surface area contributed by atoms with E-state index in [1.807, 2.05) is 0 Å². The third-order valence-electron chi connectivity index (χ3n) is 2.68. The van der Waals surface area contributed by atoms with E-state index in [0.29, 0.717) is 0 Å². The maximum Gasteiger partial charge on any atom is 0.324 e. The Morgan fingerprint density at radius 2 is 1.83 bits per heavy atom. The Labute approximate surface area is 135 Å². The summed E-state index contributed by atoms with van der Waals surface area (Å²) in [6, 6.07) is 2.53. The summed E-state index contributed by atoms with van der Waals surface area (Å²) in [5.41, 5.74) is -0.165. The van der Waals surface area contributed by atoms with Gasteiger partial charge >= 0.3 is 17.6 Å². The van der Waals surface area contributed by atoms with Gasteiger partial charge in [-0.1, -0.05) is 0 Å². The Morgan fingerprint density at radius 3 is 2.25 bits per heavy atom. The summed E-state index contributed by atoms with van der Waals surface area (Å²) in [7, 11) is 2.55. The van der Waals surface area contributed by atoms with Crippen LogP contribution >= 0.6 is 0 Å². The van der Waals surface area contributed by atoms with Crippen LogP contribution in [0.4, 0.5) is 5.69 Å². The minimum Gasteiger partial charge on any atom is -0.493 e. The van der Waals surface area contributed by atoms with Crippen LogP contribution in [0.5, 0.6) is 11.5 Å². The Bertz CT molecular complexity index is 657. The largest absolute Gasteiger partial charge is 0.493 e. The van der Waals surface area contributed by atoms with Crippen molar-refractivity contribution in [3.63, 3.8) is 0 Å². The van der Waals surface area contributed by atoms with Crippen LogP contribution in [-0.2, 0) is 9.59 Å². The fourth-order valence-electron chi connectivity index (χ4n) is 1.77. The Kier molecular flexibility index (Phi) is 6.47. The molecule has 130 valence electrons. The molecule has 1 aromatic carbocycles. The fraction of sp³-hybridized carbons (Fsp3) is 0.308. The molecule has 11 nitrogen and oxygen atoms in total. The van der Waals surface area contributed by atoms with E-state index in [9.17, 15) is 19.7 Å². The highest BCUT2D eigenvalue weighted by Gasteiger charge is 2.21. The lowest BCUT2D eigenvalue weighted by Crippen LogP contribution is -2.30. The highest BCUT2D eigenvalue weighted by Crippen LogP contribution is 2.37. The van der Waals surface area contributed by atoms with Crippen molar-refractivity contribution < 1.29 is 34.2 Å². The molecule has 0 unspecified atom stereocenters. The maximum atomic E-state index is 11.1. The minimum atomic E-state index is -1.27. The molecule has 1 aromatic rings. The van der Waals surface area contributed by atoms with Crippen molar-refractivity contribution in [1.29, 1.82) is 0 Å². The molecule has 0 aliphatic heterocycles. The standard InChI is InChI=1S/C13H15N3O8/c1-23-10-4-8(3-9(16(21)22)13(10)24-2)5-14-15(6-11(17)18)7-12(19)20/h3-5H,6-7H2,1-2H3,(H,17,18)(H,19,20)/b14-5-. The Morgan fingerprint density at radius 1 is 1.25 bits per heavy atom. The highest BCUT2D eigenvalue weighted by atomic mass is 16.6. The first-order chi connectivity index (χ1) is 11.3. The van der Waals surface area contributed by atoms with Gasteiger partial charge in [-0.2, -0.15) is 5.10 Å². The number of benzene rings is 1. The lowest BCUT2D eigenvalue weighted by Gasteiger charge is -2.14. The van der Waals surface area contributed by atoms with Crippen LogP contribution in [0.15, 0.2) is 17.2 Å². The number of carbonyl (C=O) groups is 2. The summed E-state index contributed by atoms with van der Waals surface area (Å²) < 4.78 is 9.95. The van der Waals surface area contributed by atoms with Crippen LogP contribution in [0.1, 0.15) is 5.56 Å². The normalized spacial score (nSPS) is 10.4. The van der Waals surface area contributed by atoms with Crippen LogP contribution in [0.3, 0.4) is 0 Å². The zero-order chi connectivity index (χ0) is 18.3. The molecule has 0 aliphatic carbocycles. The number of ether oxygens (including phenoxy) is 2. The number of methoxy groups -OCH3 is 2. The molecule has 0 aromatic heterocycles. The summed E-state index contributed by atoms with van der Waals surface area (Å²) in [5.74, 6) is -2.54. The molecule has 0 aliphatic rings. The van der Waals surface area contributed by atoms with Gasteiger partial charge in [0, 0.05) is 11.6 Å². The van der Waals surface area contributed by atoms with E-state index in [-0.39, 0.29) is 22.7 Å². The smallest absolute Gasteiger partial charge is 0.324 e. The van der Waals surface area contributed by atoms with Crippen molar-refractivity contribution in [2.45, 2.75) is 0 Å². The predicted molar refractivity (Wildman–Crippen MR) is 80.6 cm³/mol. The van der Waals surface area contributed by atoms with Gasteiger partial charge in [0.2, 0.25) is 5.75 Å². The molecule has 0 atom stereocenters. The second kappa shape index (κ2) is 8.31. The van der Waals surface area contributed by atoms with Crippen LogP contribution in [0, 0.1) is 10.1 Å². The zero-order valence-corrected chi connectivity index (χ0v) is 12.8. The van der Waals surface area contributed by atoms with Gasteiger partial charge in [-0.15, -0.1) is 0 Å². The molecule has 0 saturated carbocycles. The van der Waals surface area contributed by atoms with Crippen LogP contribution < -0.4 is 9.47 Å². The molecule has 0 radical (unpaired) electrons. The van der Waals surface area contributed by atoms with Gasteiger partial charge in [0.05, 0.1) is 25.4 Å². The quantitative estimate of drug-likeness (QED) is 0.369. The van der Waals surface area contributed by atoms with E-state index in [1.165, 1.54) is 20.3 Å². The van der Waals surface area contributed by atoms with Crippen LogP contribution in [-0.4, -0.2) is 65.6 Å². The number of nitro benzene ring substituents is 1. The minimum absolute atomic E-state index is 0.0763. The number of hydrazone groups is 1. The molecule has 1 rings (SSSR count). The van der Waals surface area contributed by atoms with E-state index in [1.54, 1.807) is 0 Å². The zero-order valence-electron chi connectivity index (χ0n) is 12.8. The van der Waals surface area contributed by atoms with Gasteiger partial charge in [-0.3, -0.25) is 24.7 Å². The van der Waals surface area contributed by atoms with Gasteiger partial charge in [0.25, 0.3) is 0 Å². The van der Waals surface area contributed by atoms with E-state index in [2.05, 4.69) is 5.10 Å². The first-order valence-electron chi connectivity index (χ1n) is 6.41. The molecule has 0 amide bonds. The number of hydrogen-bond donors (Lipinski definition) is 2. The second-order valence-electron chi connectivity index (χ2n) is 4.39. The first-order valence-corrected chi connectivity index (χ1v) is 6.41. The predicted octanol–water partition coefficient (Wildman–Crippen LogP) is 0.417.